The third-order valence-electron chi connectivity index (χ3n) is 2.92. The van der Waals surface area contributed by atoms with Crippen molar-refractivity contribution < 1.29 is 0 Å². The van der Waals surface area contributed by atoms with Gasteiger partial charge in [0.2, 0.25) is 5.95 Å². The Hall–Kier alpha value is -1.18. The Kier molecular flexibility index (Phi) is 4.14. The van der Waals surface area contributed by atoms with Crippen LogP contribution in [0.25, 0.3) is 10.2 Å². The molecule has 108 valence electrons. The predicted octanol–water partition coefficient (Wildman–Crippen LogP) is 5.31. The van der Waals surface area contributed by atoms with Crippen molar-refractivity contribution in [3.63, 3.8) is 0 Å². The van der Waals surface area contributed by atoms with E-state index in [1.165, 1.54) is 4.88 Å². The second-order valence-corrected chi connectivity index (χ2v) is 7.48. The van der Waals surface area contributed by atoms with Gasteiger partial charge in [-0.05, 0) is 47.1 Å². The first-order chi connectivity index (χ1) is 10.1. The lowest BCUT2D eigenvalue weighted by Gasteiger charge is -2.10. The molecule has 0 unspecified atom stereocenters. The Morgan fingerprint density at radius 3 is 2.71 bits per heavy atom. The van der Waals surface area contributed by atoms with E-state index in [0.29, 0.717) is 5.95 Å². The minimum Gasteiger partial charge on any atom is -0.357 e. The molecule has 0 spiro atoms. The van der Waals surface area contributed by atoms with Gasteiger partial charge >= 0.3 is 0 Å². The van der Waals surface area contributed by atoms with Crippen LogP contribution >= 0.6 is 43.2 Å². The molecule has 1 aromatic carbocycles. The lowest BCUT2D eigenvalue weighted by molar-refractivity contribution is 1.20. The summed E-state index contributed by atoms with van der Waals surface area (Å²) in [6.45, 7) is 2.07. The number of hydrogen-bond donors (Lipinski definition) is 2. The number of nitrogens with zero attached hydrogens (tertiary/aromatic N) is 2. The maximum Gasteiger partial charge on any atom is 0.225 e. The summed E-state index contributed by atoms with van der Waals surface area (Å²) < 4.78 is 1.99. The van der Waals surface area contributed by atoms with Crippen LogP contribution in [0.15, 0.2) is 33.2 Å². The Balaban J connectivity index is 2.12. The quantitative estimate of drug-likeness (QED) is 0.594. The number of aryl methyl sites for hydroxylation is 1. The van der Waals surface area contributed by atoms with Gasteiger partial charge in [0.05, 0.1) is 11.1 Å². The zero-order valence-corrected chi connectivity index (χ0v) is 15.4. The molecule has 0 amide bonds. The molecular formula is C14H12Br2N4S. The van der Waals surface area contributed by atoms with Crippen LogP contribution in [0.1, 0.15) is 4.88 Å². The molecule has 4 nitrogen and oxygen atoms in total. The van der Waals surface area contributed by atoms with Crippen molar-refractivity contribution in [2.24, 2.45) is 0 Å². The van der Waals surface area contributed by atoms with Gasteiger partial charge in [-0.25, -0.2) is 4.98 Å². The molecule has 7 heteroatoms. The van der Waals surface area contributed by atoms with Gasteiger partial charge in [-0.3, -0.25) is 0 Å². The van der Waals surface area contributed by atoms with Gasteiger partial charge in [-0.1, -0.05) is 15.9 Å². The monoisotopic (exact) mass is 426 g/mol. The molecular weight excluding hydrogens is 416 g/mol. The molecule has 0 fully saturated rings. The van der Waals surface area contributed by atoms with Crippen LogP contribution in [0.5, 0.6) is 0 Å². The topological polar surface area (TPSA) is 49.8 Å². The number of halogens is 2. The second kappa shape index (κ2) is 5.90. The van der Waals surface area contributed by atoms with Gasteiger partial charge in [0.25, 0.3) is 0 Å². The van der Waals surface area contributed by atoms with Gasteiger partial charge in [-0.2, -0.15) is 4.98 Å². The highest BCUT2D eigenvalue weighted by Gasteiger charge is 2.11. The fourth-order valence-corrected chi connectivity index (χ4v) is 3.56. The molecule has 0 radical (unpaired) electrons. The summed E-state index contributed by atoms with van der Waals surface area (Å²) in [4.78, 5) is 11.2. The molecule has 0 saturated heterocycles. The van der Waals surface area contributed by atoms with E-state index in [0.717, 1.165) is 30.7 Å². The van der Waals surface area contributed by atoms with Crippen LogP contribution < -0.4 is 10.6 Å². The zero-order valence-electron chi connectivity index (χ0n) is 11.4. The fourth-order valence-electron chi connectivity index (χ4n) is 1.97. The van der Waals surface area contributed by atoms with Crippen molar-refractivity contribution in [2.45, 2.75) is 6.92 Å². The normalized spacial score (nSPS) is 10.9. The molecule has 0 atom stereocenters. The number of aromatic nitrogens is 2. The second-order valence-electron chi connectivity index (χ2n) is 4.47. The highest BCUT2D eigenvalue weighted by Crippen LogP contribution is 2.34. The van der Waals surface area contributed by atoms with E-state index in [9.17, 15) is 0 Å². The Labute approximate surface area is 143 Å². The number of fused-ring (bicyclic) bond motifs is 1. The van der Waals surface area contributed by atoms with E-state index in [4.69, 9.17) is 0 Å². The van der Waals surface area contributed by atoms with Crippen LogP contribution in [0.4, 0.5) is 17.5 Å². The molecule has 3 rings (SSSR count). The van der Waals surface area contributed by atoms with Crippen molar-refractivity contribution in [3.8, 4) is 0 Å². The largest absolute Gasteiger partial charge is 0.357 e. The summed E-state index contributed by atoms with van der Waals surface area (Å²) in [5.41, 5.74) is 0.954. The van der Waals surface area contributed by atoms with Crippen LogP contribution in [-0.2, 0) is 0 Å². The highest BCUT2D eigenvalue weighted by molar-refractivity contribution is 9.11. The smallest absolute Gasteiger partial charge is 0.225 e. The van der Waals surface area contributed by atoms with Crippen molar-refractivity contribution in [1.29, 1.82) is 0 Å². The van der Waals surface area contributed by atoms with E-state index in [1.54, 1.807) is 11.3 Å². The summed E-state index contributed by atoms with van der Waals surface area (Å²) >= 11 is 8.70. The van der Waals surface area contributed by atoms with Crippen LogP contribution in [-0.4, -0.2) is 17.0 Å². The molecule has 3 aromatic rings. The van der Waals surface area contributed by atoms with Gasteiger partial charge in [0, 0.05) is 20.9 Å². The van der Waals surface area contributed by atoms with E-state index in [-0.39, 0.29) is 0 Å². The van der Waals surface area contributed by atoms with Crippen molar-refractivity contribution in [2.75, 3.05) is 17.7 Å². The summed E-state index contributed by atoms with van der Waals surface area (Å²) in [6.07, 6.45) is 0. The lowest BCUT2D eigenvalue weighted by atomic mass is 10.3. The Morgan fingerprint density at radius 1 is 1.14 bits per heavy atom. The van der Waals surface area contributed by atoms with Crippen LogP contribution in [0, 0.1) is 6.92 Å². The third-order valence-corrected chi connectivity index (χ3v) is 5.05. The molecule has 0 aliphatic carbocycles. The molecule has 2 heterocycles. The SMILES string of the molecule is CNc1nc(Nc2cc(Br)ccc2Br)c2cc(C)sc2n1. The molecule has 2 aromatic heterocycles. The summed E-state index contributed by atoms with van der Waals surface area (Å²) in [7, 11) is 1.82. The van der Waals surface area contributed by atoms with Gasteiger partial charge < -0.3 is 10.6 Å². The Morgan fingerprint density at radius 2 is 1.95 bits per heavy atom. The number of nitrogens with one attached hydrogen (secondary N) is 2. The molecule has 21 heavy (non-hydrogen) atoms. The minimum atomic E-state index is 0.609. The highest BCUT2D eigenvalue weighted by atomic mass is 79.9. The predicted molar refractivity (Wildman–Crippen MR) is 96.8 cm³/mol. The molecule has 2 N–H and O–H groups in total. The molecule has 0 bridgehead atoms. The molecule has 0 aliphatic rings. The lowest BCUT2D eigenvalue weighted by Crippen LogP contribution is -2.01. The van der Waals surface area contributed by atoms with E-state index in [2.05, 4.69) is 65.5 Å². The number of hydrogen-bond acceptors (Lipinski definition) is 5. The first kappa shape index (κ1) is 14.7. The van der Waals surface area contributed by atoms with E-state index in [1.807, 2.05) is 25.2 Å². The number of rotatable bonds is 3. The molecule has 0 saturated carbocycles. The van der Waals surface area contributed by atoms with Crippen molar-refractivity contribution >= 4 is 70.9 Å². The summed E-state index contributed by atoms with van der Waals surface area (Å²) in [5.74, 6) is 1.41. The Bertz CT molecular complexity index is 816. The van der Waals surface area contributed by atoms with Gasteiger partial charge in [-0.15, -0.1) is 11.3 Å². The van der Waals surface area contributed by atoms with Crippen molar-refractivity contribution in [1.82, 2.24) is 9.97 Å². The van der Waals surface area contributed by atoms with E-state index < -0.39 is 0 Å². The standard InChI is InChI=1S/C14H12Br2N4S/c1-7-5-9-12(19-14(17-2)20-13(9)21-7)18-11-6-8(15)3-4-10(11)16/h3-6H,1-2H3,(H2,17,18,19,20). The number of benzene rings is 1. The van der Waals surface area contributed by atoms with E-state index >= 15 is 0 Å². The minimum absolute atomic E-state index is 0.609. The number of anilines is 3. The third kappa shape index (κ3) is 3.04. The average molecular weight is 428 g/mol. The zero-order chi connectivity index (χ0) is 15.0. The summed E-state index contributed by atoms with van der Waals surface area (Å²) in [5, 5.41) is 7.42. The average Bonchev–Trinajstić information content (AvgIpc) is 2.83. The molecule has 0 aliphatic heterocycles. The van der Waals surface area contributed by atoms with Crippen LogP contribution in [0.2, 0.25) is 0 Å². The first-order valence-corrected chi connectivity index (χ1v) is 8.65. The van der Waals surface area contributed by atoms with Gasteiger partial charge in [0.15, 0.2) is 0 Å². The first-order valence-electron chi connectivity index (χ1n) is 6.25. The maximum absolute atomic E-state index is 4.54. The van der Waals surface area contributed by atoms with Crippen LogP contribution in [0.3, 0.4) is 0 Å². The maximum atomic E-state index is 4.54. The fraction of sp³-hybridized carbons (Fsp3) is 0.143. The van der Waals surface area contributed by atoms with Gasteiger partial charge in [0.1, 0.15) is 10.6 Å². The summed E-state index contributed by atoms with van der Waals surface area (Å²) in [6, 6.07) is 8.09. The number of thiophene rings is 1. The van der Waals surface area contributed by atoms with Crippen molar-refractivity contribution in [3.05, 3.63) is 38.1 Å².